The van der Waals surface area contributed by atoms with Crippen molar-refractivity contribution in [1.29, 1.82) is 0 Å². The molecule has 1 atom stereocenters. The van der Waals surface area contributed by atoms with Gasteiger partial charge in [-0.1, -0.05) is 91.9 Å². The number of nitrogens with zero attached hydrogens (tertiary/aromatic N) is 1. The van der Waals surface area contributed by atoms with Gasteiger partial charge in [-0.05, 0) is 28.7 Å². The normalized spacial score (nSPS) is 17.8. The summed E-state index contributed by atoms with van der Waals surface area (Å²) in [6, 6.07) is 26.1. The van der Waals surface area contributed by atoms with E-state index in [4.69, 9.17) is 4.74 Å². The number of nitrogens with one attached hydrogen (secondary N) is 1. The van der Waals surface area contributed by atoms with E-state index < -0.39 is 30.0 Å². The Bertz CT molecular complexity index is 1110. The van der Waals surface area contributed by atoms with Gasteiger partial charge in [0.15, 0.2) is 0 Å². The summed E-state index contributed by atoms with van der Waals surface area (Å²) in [6.07, 6.45) is 0.376. The molecule has 1 N–H and O–H groups in total. The number of benzene rings is 3. The Hall–Kier alpha value is -3.93. The van der Waals surface area contributed by atoms with E-state index in [1.807, 2.05) is 79.7 Å². The molecule has 0 bridgehead atoms. The molecule has 1 saturated heterocycles. The van der Waals surface area contributed by atoms with E-state index in [2.05, 4.69) is 5.32 Å². The fourth-order valence-electron chi connectivity index (χ4n) is 3.89. The predicted octanol–water partition coefficient (Wildman–Crippen LogP) is 4.25. The molecule has 0 radical (unpaired) electrons. The second kappa shape index (κ2) is 9.06. The highest BCUT2D eigenvalue weighted by molar-refractivity contribution is 6.09. The van der Waals surface area contributed by atoms with Gasteiger partial charge in [0.25, 0.3) is 5.91 Å². The van der Waals surface area contributed by atoms with E-state index in [0.29, 0.717) is 12.0 Å². The first-order valence-electron chi connectivity index (χ1n) is 10.5. The van der Waals surface area contributed by atoms with Gasteiger partial charge in [0.2, 0.25) is 0 Å². The van der Waals surface area contributed by atoms with E-state index in [9.17, 15) is 14.4 Å². The van der Waals surface area contributed by atoms with Gasteiger partial charge in [-0.3, -0.25) is 14.5 Å². The van der Waals surface area contributed by atoms with Crippen molar-refractivity contribution in [2.45, 2.75) is 25.5 Å². The molecule has 1 unspecified atom stereocenters. The minimum atomic E-state index is -1.16. The third-order valence-electron chi connectivity index (χ3n) is 5.72. The largest absolute Gasteiger partial charge is 0.459 e. The van der Waals surface area contributed by atoms with Gasteiger partial charge >= 0.3 is 12.0 Å². The third kappa shape index (κ3) is 4.12. The van der Waals surface area contributed by atoms with Crippen molar-refractivity contribution in [2.75, 3.05) is 6.54 Å². The molecule has 3 amide bonds. The van der Waals surface area contributed by atoms with Crippen LogP contribution in [0.4, 0.5) is 4.79 Å². The maximum atomic E-state index is 13.1. The van der Waals surface area contributed by atoms with Crippen molar-refractivity contribution in [3.8, 4) is 11.1 Å². The smallest absolute Gasteiger partial charge is 0.326 e. The van der Waals surface area contributed by atoms with E-state index in [1.165, 1.54) is 0 Å². The number of urea groups is 1. The summed E-state index contributed by atoms with van der Waals surface area (Å²) in [5, 5.41) is 2.76. The van der Waals surface area contributed by atoms with Crippen LogP contribution < -0.4 is 5.32 Å². The fraction of sp³-hybridized carbons (Fsp3) is 0.192. The molecule has 1 fully saturated rings. The molecule has 162 valence electrons. The van der Waals surface area contributed by atoms with E-state index in [0.717, 1.165) is 21.6 Å². The van der Waals surface area contributed by atoms with Gasteiger partial charge in [-0.25, -0.2) is 4.79 Å². The number of hydrogen-bond acceptors (Lipinski definition) is 4. The van der Waals surface area contributed by atoms with Crippen LogP contribution in [0.2, 0.25) is 0 Å². The zero-order valence-corrected chi connectivity index (χ0v) is 17.8. The molecule has 3 aromatic carbocycles. The maximum absolute atomic E-state index is 13.1. The average Bonchev–Trinajstić information content (AvgIpc) is 3.09. The predicted molar refractivity (Wildman–Crippen MR) is 120 cm³/mol. The van der Waals surface area contributed by atoms with Crippen LogP contribution in [0.25, 0.3) is 11.1 Å². The molecule has 1 aliphatic heterocycles. The van der Waals surface area contributed by atoms with Crippen molar-refractivity contribution in [3.05, 3.63) is 96.1 Å². The lowest BCUT2D eigenvalue weighted by Crippen LogP contribution is -2.43. The molecule has 0 aromatic heterocycles. The van der Waals surface area contributed by atoms with Crippen molar-refractivity contribution in [1.82, 2.24) is 10.2 Å². The summed E-state index contributed by atoms with van der Waals surface area (Å²) in [5.41, 5.74) is 2.52. The van der Waals surface area contributed by atoms with Gasteiger partial charge in [0, 0.05) is 0 Å². The first-order valence-corrected chi connectivity index (χ1v) is 10.5. The van der Waals surface area contributed by atoms with Crippen LogP contribution >= 0.6 is 0 Å². The van der Waals surface area contributed by atoms with Crippen molar-refractivity contribution in [2.24, 2.45) is 0 Å². The van der Waals surface area contributed by atoms with Gasteiger partial charge in [-0.2, -0.15) is 0 Å². The first kappa shape index (κ1) is 21.3. The molecular formula is C26H24N2O4. The van der Waals surface area contributed by atoms with Crippen molar-refractivity contribution >= 4 is 17.9 Å². The minimum Gasteiger partial charge on any atom is -0.459 e. The van der Waals surface area contributed by atoms with Crippen LogP contribution in [0.3, 0.4) is 0 Å². The number of amides is 3. The molecule has 0 spiro atoms. The Morgan fingerprint density at radius 1 is 0.875 bits per heavy atom. The molecule has 6 heteroatoms. The van der Waals surface area contributed by atoms with Gasteiger partial charge in [-0.15, -0.1) is 0 Å². The average molecular weight is 428 g/mol. The third-order valence-corrected chi connectivity index (χ3v) is 5.72. The lowest BCUT2D eigenvalue weighted by Gasteiger charge is -2.25. The number of hydrogen-bond donors (Lipinski definition) is 1. The number of imide groups is 1. The lowest BCUT2D eigenvalue weighted by atomic mass is 9.87. The van der Waals surface area contributed by atoms with E-state index in [1.54, 1.807) is 12.1 Å². The fourth-order valence-corrected chi connectivity index (χ4v) is 3.89. The van der Waals surface area contributed by atoms with Gasteiger partial charge in [0.05, 0.1) is 0 Å². The Morgan fingerprint density at radius 2 is 1.47 bits per heavy atom. The SMILES string of the molecule is CCC1(c2ccccc2)NC(=O)N(CC(=O)OCc2ccc(-c3ccccc3)cc2)C1=O. The summed E-state index contributed by atoms with van der Waals surface area (Å²) >= 11 is 0. The number of ether oxygens (including phenoxy) is 1. The molecule has 1 aliphatic rings. The molecule has 32 heavy (non-hydrogen) atoms. The summed E-state index contributed by atoms with van der Waals surface area (Å²) in [5.74, 6) is -1.08. The first-order chi connectivity index (χ1) is 15.5. The highest BCUT2D eigenvalue weighted by Gasteiger charge is 2.51. The number of carbonyl (C=O) groups excluding carboxylic acids is 3. The Labute approximate surface area is 186 Å². The number of esters is 1. The summed E-state index contributed by atoms with van der Waals surface area (Å²) < 4.78 is 5.33. The minimum absolute atomic E-state index is 0.0646. The standard InChI is InChI=1S/C26H24N2O4/c1-2-26(22-11-7-4-8-12-22)24(30)28(25(31)27-26)17-23(29)32-18-19-13-15-21(16-14-19)20-9-5-3-6-10-20/h3-16H,2,17-18H2,1H3,(H,27,31). The van der Waals surface area contributed by atoms with Crippen molar-refractivity contribution < 1.29 is 19.1 Å². The van der Waals surface area contributed by atoms with Crippen LogP contribution in [-0.4, -0.2) is 29.4 Å². The second-order valence-electron chi connectivity index (χ2n) is 7.67. The van der Waals surface area contributed by atoms with Crippen LogP contribution in [0.15, 0.2) is 84.9 Å². The van der Waals surface area contributed by atoms with Crippen molar-refractivity contribution in [3.63, 3.8) is 0 Å². The van der Waals surface area contributed by atoms with Crippen LogP contribution in [0.5, 0.6) is 0 Å². The van der Waals surface area contributed by atoms with Crippen LogP contribution in [0.1, 0.15) is 24.5 Å². The van der Waals surface area contributed by atoms with E-state index in [-0.39, 0.29) is 6.61 Å². The quantitative estimate of drug-likeness (QED) is 0.451. The molecule has 0 aliphatic carbocycles. The van der Waals surface area contributed by atoms with Gasteiger partial charge in [0.1, 0.15) is 18.7 Å². The molecule has 6 nitrogen and oxygen atoms in total. The van der Waals surface area contributed by atoms with Crippen LogP contribution in [-0.2, 0) is 26.5 Å². The van der Waals surface area contributed by atoms with E-state index >= 15 is 0 Å². The van der Waals surface area contributed by atoms with Crippen LogP contribution in [0, 0.1) is 0 Å². The molecule has 3 aromatic rings. The lowest BCUT2D eigenvalue weighted by molar-refractivity contribution is -0.149. The maximum Gasteiger partial charge on any atom is 0.326 e. The second-order valence-corrected chi connectivity index (χ2v) is 7.67. The summed E-state index contributed by atoms with van der Waals surface area (Å²) in [4.78, 5) is 38.9. The monoisotopic (exact) mass is 428 g/mol. The molecule has 1 heterocycles. The highest BCUT2D eigenvalue weighted by atomic mass is 16.5. The zero-order chi connectivity index (χ0) is 22.6. The summed E-state index contributed by atoms with van der Waals surface area (Å²) in [6.45, 7) is 1.46. The Morgan fingerprint density at radius 3 is 2.09 bits per heavy atom. The Kier molecular flexibility index (Phi) is 6.03. The Balaban J connectivity index is 1.38. The summed E-state index contributed by atoms with van der Waals surface area (Å²) in [7, 11) is 0. The molecular weight excluding hydrogens is 404 g/mol. The zero-order valence-electron chi connectivity index (χ0n) is 17.8. The molecule has 0 saturated carbocycles. The molecule has 4 rings (SSSR count). The topological polar surface area (TPSA) is 75.7 Å². The number of carbonyl (C=O) groups is 3. The highest BCUT2D eigenvalue weighted by Crippen LogP contribution is 2.32. The van der Waals surface area contributed by atoms with Gasteiger partial charge < -0.3 is 10.1 Å². The number of rotatable bonds is 7.